The summed E-state index contributed by atoms with van der Waals surface area (Å²) in [7, 11) is 0. The number of benzene rings is 1. The number of rotatable bonds is 20. The number of Topliss-reactive ketones (excluding diaryl/α,β-unsaturated/α-hetero) is 1. The number of phenols is 2. The quantitative estimate of drug-likeness (QED) is 0.0728. The summed E-state index contributed by atoms with van der Waals surface area (Å²) < 4.78 is 0. The fraction of sp³-hybridized carbons (Fsp3) is 0.529. The molecule has 0 bridgehead atoms. The van der Waals surface area contributed by atoms with Gasteiger partial charge in [0.1, 0.15) is 5.78 Å². The van der Waals surface area contributed by atoms with Crippen LogP contribution in [-0.2, 0) is 4.79 Å². The number of nitrogens with one attached hydrogen (secondary N) is 3. The van der Waals surface area contributed by atoms with Crippen LogP contribution in [0.2, 0.25) is 0 Å². The van der Waals surface area contributed by atoms with Crippen LogP contribution in [-0.4, -0.2) is 54.6 Å². The Balaban J connectivity index is 2.96. The molecular formula is C34H53N3O4. The summed E-state index contributed by atoms with van der Waals surface area (Å²) in [6, 6.07) is 4.31. The van der Waals surface area contributed by atoms with E-state index in [1.54, 1.807) is 0 Å². The first-order valence-corrected chi connectivity index (χ1v) is 14.7. The predicted octanol–water partition coefficient (Wildman–Crippen LogP) is 6.21. The minimum absolute atomic E-state index is 0.0261. The molecule has 0 aliphatic carbocycles. The Morgan fingerprint density at radius 3 is 1.78 bits per heavy atom. The molecule has 1 rings (SSSR count). The van der Waals surface area contributed by atoms with E-state index < -0.39 is 22.5 Å². The fourth-order valence-electron chi connectivity index (χ4n) is 5.14. The lowest BCUT2D eigenvalue weighted by Crippen LogP contribution is -2.41. The van der Waals surface area contributed by atoms with Crippen LogP contribution in [0.15, 0.2) is 66.8 Å². The van der Waals surface area contributed by atoms with Crippen molar-refractivity contribution in [3.8, 4) is 11.5 Å². The van der Waals surface area contributed by atoms with Crippen molar-refractivity contribution in [1.29, 1.82) is 0 Å². The van der Waals surface area contributed by atoms with E-state index in [9.17, 15) is 19.8 Å². The Bertz CT molecular complexity index is 1030. The largest absolute Gasteiger partial charge is 0.504 e. The summed E-state index contributed by atoms with van der Waals surface area (Å²) in [5, 5.41) is 29.5. The first kappa shape index (κ1) is 35.9. The van der Waals surface area contributed by atoms with E-state index in [1.807, 2.05) is 58.9 Å². The lowest BCUT2D eigenvalue weighted by molar-refractivity contribution is -0.138. The van der Waals surface area contributed by atoms with E-state index in [0.717, 1.165) is 49.9 Å². The van der Waals surface area contributed by atoms with Gasteiger partial charge in [0, 0.05) is 30.5 Å². The molecule has 0 atom stereocenters. The fourth-order valence-corrected chi connectivity index (χ4v) is 5.14. The molecule has 7 nitrogen and oxygen atoms in total. The highest BCUT2D eigenvalue weighted by molar-refractivity contribution is 5.97. The standard InChI is InChI=1S/C34H53N3O4/c1-8-14-26(3)24-35-21-11-18-34(32(41)33(5,6)7,19-12-22-36-25-27(4)15-9-2)20-13-23-37-31(40)28-16-10-17-29(38)30(28)39/h8-10,14-17,35-36,38-39H,3-4,11-13,18-25H2,1-2,5-7H3,(H,37,40)/b14-8-,15-9-. The molecule has 0 aliphatic heterocycles. The van der Waals surface area contributed by atoms with Crippen molar-refractivity contribution in [2.75, 3.05) is 32.7 Å². The average molecular weight is 568 g/mol. The molecule has 1 aromatic rings. The van der Waals surface area contributed by atoms with E-state index in [1.165, 1.54) is 18.2 Å². The highest BCUT2D eigenvalue weighted by atomic mass is 16.3. The van der Waals surface area contributed by atoms with Gasteiger partial charge >= 0.3 is 0 Å². The Morgan fingerprint density at radius 2 is 1.32 bits per heavy atom. The van der Waals surface area contributed by atoms with Gasteiger partial charge in [0.05, 0.1) is 5.56 Å². The number of carbonyl (C=O) groups excluding carboxylic acids is 2. The molecule has 0 saturated heterocycles. The van der Waals surface area contributed by atoms with Crippen LogP contribution >= 0.6 is 0 Å². The van der Waals surface area contributed by atoms with Crippen molar-refractivity contribution in [2.45, 2.75) is 73.1 Å². The third-order valence-electron chi connectivity index (χ3n) is 7.07. The zero-order chi connectivity index (χ0) is 30.9. The van der Waals surface area contributed by atoms with Crippen molar-refractivity contribution >= 4 is 11.7 Å². The van der Waals surface area contributed by atoms with Crippen LogP contribution in [0.25, 0.3) is 0 Å². The molecular weight excluding hydrogens is 514 g/mol. The first-order valence-electron chi connectivity index (χ1n) is 14.7. The molecule has 0 saturated carbocycles. The highest BCUT2D eigenvalue weighted by Crippen LogP contribution is 2.41. The van der Waals surface area contributed by atoms with Gasteiger partial charge in [0.2, 0.25) is 0 Å². The summed E-state index contributed by atoms with van der Waals surface area (Å²) >= 11 is 0. The third-order valence-corrected chi connectivity index (χ3v) is 7.07. The normalized spacial score (nSPS) is 12.2. The first-order chi connectivity index (χ1) is 19.4. The molecule has 1 aromatic carbocycles. The number of allylic oxidation sites excluding steroid dienone is 2. The Morgan fingerprint density at radius 1 is 0.829 bits per heavy atom. The Hall–Kier alpha value is -3.16. The van der Waals surface area contributed by atoms with E-state index in [2.05, 4.69) is 29.1 Å². The number of amides is 1. The minimum Gasteiger partial charge on any atom is -0.504 e. The maximum Gasteiger partial charge on any atom is 0.255 e. The maximum atomic E-state index is 14.0. The molecule has 0 unspecified atom stereocenters. The van der Waals surface area contributed by atoms with Crippen LogP contribution in [0.1, 0.15) is 83.5 Å². The average Bonchev–Trinajstić information content (AvgIpc) is 2.91. The van der Waals surface area contributed by atoms with Gasteiger partial charge in [-0.3, -0.25) is 9.59 Å². The molecule has 0 heterocycles. The van der Waals surface area contributed by atoms with Crippen molar-refractivity contribution in [3.63, 3.8) is 0 Å². The van der Waals surface area contributed by atoms with Crippen molar-refractivity contribution < 1.29 is 19.8 Å². The number of carbonyl (C=O) groups is 2. The van der Waals surface area contributed by atoms with Gasteiger partial charge in [0.25, 0.3) is 5.91 Å². The van der Waals surface area contributed by atoms with E-state index in [0.29, 0.717) is 32.5 Å². The second kappa shape index (κ2) is 18.3. The maximum absolute atomic E-state index is 14.0. The van der Waals surface area contributed by atoms with Gasteiger partial charge in [-0.1, -0.05) is 64.3 Å². The summed E-state index contributed by atoms with van der Waals surface area (Å²) in [6.07, 6.45) is 12.4. The second-order valence-corrected chi connectivity index (χ2v) is 11.8. The summed E-state index contributed by atoms with van der Waals surface area (Å²) in [5.74, 6) is -0.976. The van der Waals surface area contributed by atoms with Crippen LogP contribution < -0.4 is 16.0 Å². The SMILES string of the molecule is C=C(/C=C\C)CNCCCC(CCCNCC(=C)/C=C\C)(CCCNC(=O)c1cccc(O)c1O)C(=O)C(C)(C)C. The lowest BCUT2D eigenvalue weighted by Gasteiger charge is -2.38. The molecule has 0 aromatic heterocycles. The van der Waals surface area contributed by atoms with E-state index >= 15 is 0 Å². The molecule has 0 aliphatic rings. The molecule has 0 radical (unpaired) electrons. The number of para-hydroxylation sites is 1. The van der Waals surface area contributed by atoms with E-state index in [4.69, 9.17) is 0 Å². The number of ketones is 1. The van der Waals surface area contributed by atoms with Crippen LogP contribution in [0, 0.1) is 10.8 Å². The molecule has 1 amide bonds. The minimum atomic E-state index is -0.528. The zero-order valence-corrected chi connectivity index (χ0v) is 25.9. The summed E-state index contributed by atoms with van der Waals surface area (Å²) in [5.41, 5.74) is 1.03. The molecule has 0 fully saturated rings. The molecule has 41 heavy (non-hydrogen) atoms. The predicted molar refractivity (Wildman–Crippen MR) is 170 cm³/mol. The smallest absolute Gasteiger partial charge is 0.255 e. The van der Waals surface area contributed by atoms with Gasteiger partial charge in [0.15, 0.2) is 11.5 Å². The zero-order valence-electron chi connectivity index (χ0n) is 25.9. The van der Waals surface area contributed by atoms with Gasteiger partial charge in [-0.05, 0) is 88.7 Å². The van der Waals surface area contributed by atoms with Gasteiger partial charge in [-0.25, -0.2) is 0 Å². The number of phenolic OH excluding ortho intramolecular Hbond substituents is 2. The Labute approximate surface area is 247 Å². The van der Waals surface area contributed by atoms with Crippen LogP contribution in [0.5, 0.6) is 11.5 Å². The summed E-state index contributed by atoms with van der Waals surface area (Å²) in [4.78, 5) is 26.6. The van der Waals surface area contributed by atoms with Gasteiger partial charge in [-0.2, -0.15) is 0 Å². The molecule has 0 spiro atoms. The highest BCUT2D eigenvalue weighted by Gasteiger charge is 2.42. The summed E-state index contributed by atoms with van der Waals surface area (Å²) in [6.45, 7) is 21.3. The Kier molecular flexibility index (Phi) is 16.0. The lowest BCUT2D eigenvalue weighted by atomic mass is 9.65. The van der Waals surface area contributed by atoms with Gasteiger partial charge < -0.3 is 26.2 Å². The number of aromatic hydroxyl groups is 2. The monoisotopic (exact) mass is 567 g/mol. The third kappa shape index (κ3) is 12.9. The van der Waals surface area contributed by atoms with Crippen molar-refractivity contribution in [1.82, 2.24) is 16.0 Å². The molecule has 5 N–H and O–H groups in total. The van der Waals surface area contributed by atoms with E-state index in [-0.39, 0.29) is 17.1 Å². The van der Waals surface area contributed by atoms with Crippen LogP contribution in [0.3, 0.4) is 0 Å². The van der Waals surface area contributed by atoms with Crippen molar-refractivity contribution in [3.05, 3.63) is 72.4 Å². The van der Waals surface area contributed by atoms with Crippen LogP contribution in [0.4, 0.5) is 0 Å². The second-order valence-electron chi connectivity index (χ2n) is 11.8. The molecule has 7 heteroatoms. The van der Waals surface area contributed by atoms with Gasteiger partial charge in [-0.15, -0.1) is 0 Å². The van der Waals surface area contributed by atoms with Crippen molar-refractivity contribution in [2.24, 2.45) is 10.8 Å². The number of hydrogen-bond acceptors (Lipinski definition) is 6. The number of hydrogen-bond donors (Lipinski definition) is 5. The topological polar surface area (TPSA) is 111 Å². The molecule has 228 valence electrons.